The van der Waals surface area contributed by atoms with Gasteiger partial charge in [-0.05, 0) is 70.5 Å². The summed E-state index contributed by atoms with van der Waals surface area (Å²) in [5, 5.41) is 14.8. The zero-order valence-corrected chi connectivity index (χ0v) is 24.2. The van der Waals surface area contributed by atoms with Crippen LogP contribution < -0.4 is 15.4 Å². The van der Waals surface area contributed by atoms with E-state index >= 15 is 0 Å². The molecule has 0 aliphatic rings. The van der Waals surface area contributed by atoms with Crippen molar-refractivity contribution in [1.82, 2.24) is 25.0 Å². The number of pyridine rings is 2. The van der Waals surface area contributed by atoms with Gasteiger partial charge in [-0.1, -0.05) is 12.1 Å². The van der Waals surface area contributed by atoms with Gasteiger partial charge >= 0.3 is 12.1 Å². The first-order valence-corrected chi connectivity index (χ1v) is 13.3. The number of nitrogens with zero attached hydrogens (tertiary/aromatic N) is 3. The number of aromatic nitrogens is 3. The van der Waals surface area contributed by atoms with Gasteiger partial charge in [0, 0.05) is 12.7 Å². The van der Waals surface area contributed by atoms with Crippen molar-refractivity contribution in [3.63, 3.8) is 0 Å². The van der Waals surface area contributed by atoms with Gasteiger partial charge in [-0.3, -0.25) is 9.20 Å². The minimum Gasteiger partial charge on any atom is -0.485 e. The van der Waals surface area contributed by atoms with E-state index in [1.165, 1.54) is 28.7 Å². The number of rotatable bonds is 9. The molecule has 1 atom stereocenters. The molecular formula is C30H31F2N5O6. The van der Waals surface area contributed by atoms with Crippen molar-refractivity contribution in [2.75, 3.05) is 6.54 Å². The number of aromatic carboxylic acids is 1. The van der Waals surface area contributed by atoms with E-state index in [0.29, 0.717) is 11.3 Å². The summed E-state index contributed by atoms with van der Waals surface area (Å²) in [5.74, 6) is -3.18. The van der Waals surface area contributed by atoms with Crippen LogP contribution in [0.3, 0.4) is 0 Å². The lowest BCUT2D eigenvalue weighted by Crippen LogP contribution is -2.41. The molecule has 43 heavy (non-hydrogen) atoms. The number of amides is 2. The average Bonchev–Trinajstić information content (AvgIpc) is 3.25. The van der Waals surface area contributed by atoms with Gasteiger partial charge < -0.3 is 25.2 Å². The van der Waals surface area contributed by atoms with Gasteiger partial charge in [-0.25, -0.2) is 28.3 Å². The minimum atomic E-state index is -1.26. The zero-order chi connectivity index (χ0) is 31.5. The quantitative estimate of drug-likeness (QED) is 0.248. The Morgan fingerprint density at radius 1 is 1.05 bits per heavy atom. The SMILES string of the molecule is Cc1cc(OCc2c(F)cccc2F)c2nc(C)c(C(=O)NC(CNC(=O)OC(C)(C)C)c3cccc(C(=O)O)n3)n2c1. The first-order valence-electron chi connectivity index (χ1n) is 13.3. The molecule has 1 unspecified atom stereocenters. The molecule has 0 bridgehead atoms. The number of benzene rings is 1. The van der Waals surface area contributed by atoms with Gasteiger partial charge in [0.2, 0.25) is 0 Å². The topological polar surface area (TPSA) is 144 Å². The lowest BCUT2D eigenvalue weighted by molar-refractivity contribution is 0.0518. The maximum Gasteiger partial charge on any atom is 0.407 e. The van der Waals surface area contributed by atoms with Crippen LogP contribution in [0.15, 0.2) is 48.7 Å². The van der Waals surface area contributed by atoms with Gasteiger partial charge in [-0.2, -0.15) is 0 Å². The summed E-state index contributed by atoms with van der Waals surface area (Å²) in [7, 11) is 0. The van der Waals surface area contributed by atoms with Crippen molar-refractivity contribution in [2.24, 2.45) is 0 Å². The van der Waals surface area contributed by atoms with Crippen LogP contribution in [-0.4, -0.2) is 49.6 Å². The Hall–Kier alpha value is -5.07. The van der Waals surface area contributed by atoms with E-state index in [2.05, 4.69) is 20.6 Å². The molecule has 2 amide bonds. The maximum absolute atomic E-state index is 14.2. The number of fused-ring (bicyclic) bond motifs is 1. The van der Waals surface area contributed by atoms with E-state index in [4.69, 9.17) is 9.47 Å². The summed E-state index contributed by atoms with van der Waals surface area (Å²) in [6.07, 6.45) is 0.911. The van der Waals surface area contributed by atoms with Crippen LogP contribution in [-0.2, 0) is 11.3 Å². The number of carbonyl (C=O) groups excluding carboxylic acids is 2. The summed E-state index contributed by atoms with van der Waals surface area (Å²) < 4.78 is 40.9. The molecule has 0 saturated heterocycles. The molecule has 3 N–H and O–H groups in total. The van der Waals surface area contributed by atoms with Gasteiger partial charge in [0.25, 0.3) is 5.91 Å². The number of alkyl carbamates (subject to hydrolysis) is 1. The van der Waals surface area contributed by atoms with Crippen LogP contribution in [0.4, 0.5) is 13.6 Å². The van der Waals surface area contributed by atoms with E-state index in [1.807, 2.05) is 0 Å². The third-order valence-corrected chi connectivity index (χ3v) is 6.15. The highest BCUT2D eigenvalue weighted by molar-refractivity contribution is 5.95. The highest BCUT2D eigenvalue weighted by Crippen LogP contribution is 2.26. The molecule has 0 aliphatic heterocycles. The molecular weight excluding hydrogens is 564 g/mol. The molecule has 1 aromatic carbocycles. The Bertz CT molecular complexity index is 1680. The highest BCUT2D eigenvalue weighted by atomic mass is 19.1. The molecule has 0 saturated carbocycles. The molecule has 0 aliphatic carbocycles. The third-order valence-electron chi connectivity index (χ3n) is 6.15. The van der Waals surface area contributed by atoms with E-state index in [-0.39, 0.29) is 40.6 Å². The number of hydrogen-bond acceptors (Lipinski definition) is 7. The summed E-state index contributed by atoms with van der Waals surface area (Å²) in [4.78, 5) is 46.2. The summed E-state index contributed by atoms with van der Waals surface area (Å²) in [5.41, 5.74) is 0.259. The second kappa shape index (κ2) is 12.4. The molecule has 4 aromatic rings. The molecule has 13 heteroatoms. The summed E-state index contributed by atoms with van der Waals surface area (Å²) in [6, 6.07) is 8.49. The van der Waals surface area contributed by atoms with Crippen LogP contribution >= 0.6 is 0 Å². The number of carboxylic acids is 1. The van der Waals surface area contributed by atoms with Crippen LogP contribution in [0.1, 0.15) is 70.3 Å². The van der Waals surface area contributed by atoms with Gasteiger partial charge in [0.1, 0.15) is 35.2 Å². The number of carboxylic acid groups (broad SMARTS) is 1. The predicted molar refractivity (Wildman–Crippen MR) is 151 cm³/mol. The first kappa shape index (κ1) is 30.9. The summed E-state index contributed by atoms with van der Waals surface area (Å²) in [6.45, 7) is 7.87. The van der Waals surface area contributed by atoms with Crippen molar-refractivity contribution < 1.29 is 37.7 Å². The lowest BCUT2D eigenvalue weighted by atomic mass is 10.1. The number of nitrogens with one attached hydrogen (secondary N) is 2. The van der Waals surface area contributed by atoms with Crippen molar-refractivity contribution >= 4 is 23.6 Å². The maximum atomic E-state index is 14.2. The number of hydrogen-bond donors (Lipinski definition) is 3. The molecule has 0 radical (unpaired) electrons. The fraction of sp³-hybridized carbons (Fsp3) is 0.300. The Morgan fingerprint density at radius 3 is 2.37 bits per heavy atom. The first-order chi connectivity index (χ1) is 20.2. The average molecular weight is 596 g/mol. The van der Waals surface area contributed by atoms with Crippen molar-refractivity contribution in [1.29, 1.82) is 0 Å². The highest BCUT2D eigenvalue weighted by Gasteiger charge is 2.26. The molecule has 3 aromatic heterocycles. The monoisotopic (exact) mass is 595 g/mol. The van der Waals surface area contributed by atoms with E-state index in [0.717, 1.165) is 12.1 Å². The largest absolute Gasteiger partial charge is 0.485 e. The van der Waals surface area contributed by atoms with Crippen molar-refractivity contribution in [3.05, 3.63) is 94.2 Å². The second-order valence-corrected chi connectivity index (χ2v) is 10.8. The van der Waals surface area contributed by atoms with E-state index < -0.39 is 47.9 Å². The van der Waals surface area contributed by atoms with Gasteiger partial charge in [0.15, 0.2) is 11.4 Å². The third kappa shape index (κ3) is 7.42. The minimum absolute atomic E-state index is 0.122. The van der Waals surface area contributed by atoms with Gasteiger partial charge in [-0.15, -0.1) is 0 Å². The van der Waals surface area contributed by atoms with Crippen LogP contribution in [0.2, 0.25) is 0 Å². The van der Waals surface area contributed by atoms with E-state index in [9.17, 15) is 28.3 Å². The number of imidazole rings is 1. The number of carbonyl (C=O) groups is 3. The van der Waals surface area contributed by atoms with Crippen LogP contribution in [0.25, 0.3) is 5.65 Å². The van der Waals surface area contributed by atoms with Crippen LogP contribution in [0.5, 0.6) is 5.75 Å². The number of halogens is 2. The zero-order valence-electron chi connectivity index (χ0n) is 24.2. The Morgan fingerprint density at radius 2 is 1.72 bits per heavy atom. The number of ether oxygens (including phenoxy) is 2. The Balaban J connectivity index is 1.65. The second-order valence-electron chi connectivity index (χ2n) is 10.8. The normalized spacial score (nSPS) is 12.1. The lowest BCUT2D eigenvalue weighted by Gasteiger charge is -2.23. The molecule has 11 nitrogen and oxygen atoms in total. The molecule has 0 fully saturated rings. The molecule has 226 valence electrons. The smallest absolute Gasteiger partial charge is 0.407 e. The van der Waals surface area contributed by atoms with Crippen molar-refractivity contribution in [3.8, 4) is 5.75 Å². The fourth-order valence-electron chi connectivity index (χ4n) is 4.28. The van der Waals surface area contributed by atoms with Crippen molar-refractivity contribution in [2.45, 2.75) is 52.9 Å². The molecule has 3 heterocycles. The standard InChI is InChI=1S/C30H31F2N5O6/c1-16-12-24(42-15-18-19(31)8-6-9-20(18)32)26-34-17(2)25(37(26)14-16)27(38)36-23(13-33-29(41)43-30(3,4)5)21-10-7-11-22(35-21)28(39)40/h6-12,14,23H,13,15H2,1-5H3,(H,33,41)(H,36,38)(H,39,40). The molecule has 0 spiro atoms. The van der Waals surface area contributed by atoms with Gasteiger partial charge in [0.05, 0.1) is 23.0 Å². The van der Waals surface area contributed by atoms with Crippen LogP contribution in [0, 0.1) is 25.5 Å². The Kier molecular flexibility index (Phi) is 8.93. The summed E-state index contributed by atoms with van der Waals surface area (Å²) >= 11 is 0. The molecule has 4 rings (SSSR count). The fourth-order valence-corrected chi connectivity index (χ4v) is 4.28. The number of aryl methyl sites for hydroxylation is 2. The predicted octanol–water partition coefficient (Wildman–Crippen LogP) is 4.90. The Labute approximate surface area is 245 Å². The van der Waals surface area contributed by atoms with E-state index in [1.54, 1.807) is 46.9 Å².